The van der Waals surface area contributed by atoms with Crippen molar-refractivity contribution in [3.8, 4) is 0 Å². The van der Waals surface area contributed by atoms with E-state index in [1.807, 2.05) is 24.3 Å². The fraction of sp³-hybridized carbons (Fsp3) is 0.407. The van der Waals surface area contributed by atoms with E-state index in [2.05, 4.69) is 36.5 Å². The fourth-order valence-corrected chi connectivity index (χ4v) is 5.69. The van der Waals surface area contributed by atoms with E-state index in [0.717, 1.165) is 24.1 Å². The number of carbonyl (C=O) groups excluding carboxylic acids is 2. The van der Waals surface area contributed by atoms with Crippen molar-refractivity contribution in [3.05, 3.63) is 65.2 Å². The number of amidine groups is 2. The highest BCUT2D eigenvalue weighted by Crippen LogP contribution is 2.35. The number of para-hydroxylation sites is 1. The molecule has 2 heterocycles. The van der Waals surface area contributed by atoms with Gasteiger partial charge in [-0.15, -0.1) is 0 Å². The topological polar surface area (TPSA) is 74.1 Å². The van der Waals surface area contributed by atoms with Crippen molar-refractivity contribution in [2.75, 3.05) is 0 Å². The van der Waals surface area contributed by atoms with Gasteiger partial charge >= 0.3 is 0 Å². The molecule has 2 aromatic carbocycles. The van der Waals surface area contributed by atoms with Gasteiger partial charge in [0.05, 0.1) is 5.69 Å². The third-order valence-electron chi connectivity index (χ3n) is 6.65. The summed E-state index contributed by atoms with van der Waals surface area (Å²) in [4.78, 5) is 37.2. The van der Waals surface area contributed by atoms with E-state index >= 15 is 0 Å². The normalized spacial score (nSPS) is 19.9. The smallest absolute Gasteiger partial charge is 0.259 e. The summed E-state index contributed by atoms with van der Waals surface area (Å²) < 4.78 is 0. The number of hydrogen-bond donors (Lipinski definition) is 1. The van der Waals surface area contributed by atoms with E-state index in [9.17, 15) is 9.59 Å². The third-order valence-corrected chi connectivity index (χ3v) is 7.66. The van der Waals surface area contributed by atoms with Gasteiger partial charge in [-0.1, -0.05) is 73.0 Å². The molecule has 7 heteroatoms. The van der Waals surface area contributed by atoms with Crippen LogP contribution in [-0.2, 0) is 15.3 Å². The molecule has 0 spiro atoms. The highest BCUT2D eigenvalue weighted by Gasteiger charge is 2.41. The largest absolute Gasteiger partial charge is 0.353 e. The first kappa shape index (κ1) is 22.8. The van der Waals surface area contributed by atoms with Crippen LogP contribution in [0.5, 0.6) is 0 Å². The lowest BCUT2D eigenvalue weighted by Gasteiger charge is -2.25. The van der Waals surface area contributed by atoms with E-state index in [1.54, 1.807) is 16.7 Å². The van der Waals surface area contributed by atoms with Crippen molar-refractivity contribution in [1.29, 1.82) is 0 Å². The summed E-state index contributed by atoms with van der Waals surface area (Å²) in [7, 11) is 0. The zero-order valence-corrected chi connectivity index (χ0v) is 20.3. The summed E-state index contributed by atoms with van der Waals surface area (Å²) in [5, 5.41) is 3.80. The van der Waals surface area contributed by atoms with Crippen LogP contribution in [0.2, 0.25) is 0 Å². The summed E-state index contributed by atoms with van der Waals surface area (Å²) >= 11 is 1.54. The number of amides is 2. The number of hydrogen-bond acceptors (Lipinski definition) is 5. The molecule has 1 saturated carbocycles. The first-order valence-electron chi connectivity index (χ1n) is 12.2. The minimum atomic E-state index is -0.552. The van der Waals surface area contributed by atoms with Crippen LogP contribution in [0.1, 0.15) is 61.6 Å². The van der Waals surface area contributed by atoms with Crippen LogP contribution >= 0.6 is 11.8 Å². The van der Waals surface area contributed by atoms with Crippen molar-refractivity contribution in [2.45, 2.75) is 69.7 Å². The van der Waals surface area contributed by atoms with Gasteiger partial charge in [-0.3, -0.25) is 14.6 Å². The molecule has 0 aromatic heterocycles. The highest BCUT2D eigenvalue weighted by molar-refractivity contribution is 8.13. The van der Waals surface area contributed by atoms with Crippen molar-refractivity contribution in [3.63, 3.8) is 0 Å². The summed E-state index contributed by atoms with van der Waals surface area (Å²) in [6.45, 7) is 2.07. The van der Waals surface area contributed by atoms with Gasteiger partial charge in [0.15, 0.2) is 5.17 Å². The zero-order chi connectivity index (χ0) is 23.5. The third kappa shape index (κ3) is 4.94. The Hall–Kier alpha value is -2.93. The van der Waals surface area contributed by atoms with Crippen LogP contribution in [-0.4, -0.2) is 39.8 Å². The fourth-order valence-electron chi connectivity index (χ4n) is 4.73. The second-order valence-electron chi connectivity index (χ2n) is 9.27. The Balaban J connectivity index is 1.29. The summed E-state index contributed by atoms with van der Waals surface area (Å²) in [5.41, 5.74) is 4.09. The second-order valence-corrected chi connectivity index (χ2v) is 10.2. The minimum Gasteiger partial charge on any atom is -0.353 e. The number of nitrogens with one attached hydrogen (secondary N) is 1. The molecule has 6 nitrogen and oxygen atoms in total. The van der Waals surface area contributed by atoms with Crippen molar-refractivity contribution >= 4 is 40.3 Å². The number of nitrogens with zero attached hydrogens (tertiary/aromatic N) is 3. The van der Waals surface area contributed by atoms with Gasteiger partial charge in [0.1, 0.15) is 11.9 Å². The lowest BCUT2D eigenvalue weighted by Crippen LogP contribution is -2.41. The Bertz CT molecular complexity index is 1140. The van der Waals surface area contributed by atoms with Crippen LogP contribution < -0.4 is 5.32 Å². The Morgan fingerprint density at radius 2 is 1.85 bits per heavy atom. The van der Waals surface area contributed by atoms with Crippen LogP contribution in [0.4, 0.5) is 5.69 Å². The summed E-state index contributed by atoms with van der Waals surface area (Å²) in [6, 6.07) is 15.9. The zero-order valence-electron chi connectivity index (χ0n) is 19.5. The Morgan fingerprint density at radius 1 is 1.09 bits per heavy atom. The average molecular weight is 475 g/mol. The van der Waals surface area contributed by atoms with Gasteiger partial charge in [0, 0.05) is 23.8 Å². The van der Waals surface area contributed by atoms with E-state index in [0.29, 0.717) is 29.6 Å². The molecule has 1 aliphatic carbocycles. The molecule has 5 rings (SSSR count). The number of aliphatic imine (C=N–C) groups is 2. The molecule has 1 N–H and O–H groups in total. The summed E-state index contributed by atoms with van der Waals surface area (Å²) in [5.74, 6) is 1.30. The molecule has 1 atom stereocenters. The maximum absolute atomic E-state index is 13.4. The number of benzene rings is 2. The van der Waals surface area contributed by atoms with E-state index in [-0.39, 0.29) is 17.9 Å². The molecule has 0 bridgehead atoms. The number of fused-ring (bicyclic) bond motifs is 3. The molecule has 3 aliphatic rings. The first-order valence-corrected chi connectivity index (χ1v) is 13.1. The quantitative estimate of drug-likeness (QED) is 0.632. The van der Waals surface area contributed by atoms with Crippen LogP contribution in [0.3, 0.4) is 0 Å². The first-order chi connectivity index (χ1) is 16.6. The molecule has 0 radical (unpaired) electrons. The number of aryl methyl sites for hydroxylation is 1. The lowest BCUT2D eigenvalue weighted by atomic mass is 9.95. The molecule has 176 valence electrons. The number of thioether (sulfide) groups is 1. The Labute approximate surface area is 204 Å². The molecule has 2 aliphatic heterocycles. The Kier molecular flexibility index (Phi) is 6.81. The second kappa shape index (κ2) is 10.1. The van der Waals surface area contributed by atoms with Gasteiger partial charge in [-0.25, -0.2) is 9.89 Å². The van der Waals surface area contributed by atoms with Gasteiger partial charge in [0.2, 0.25) is 5.91 Å². The van der Waals surface area contributed by atoms with Crippen LogP contribution in [0, 0.1) is 6.92 Å². The van der Waals surface area contributed by atoms with Gasteiger partial charge in [0.25, 0.3) is 5.91 Å². The molecule has 0 saturated heterocycles. The van der Waals surface area contributed by atoms with Gasteiger partial charge in [-0.05, 0) is 43.9 Å². The van der Waals surface area contributed by atoms with E-state index in [1.165, 1.54) is 30.4 Å². The highest BCUT2D eigenvalue weighted by atomic mass is 32.2. The van der Waals surface area contributed by atoms with Gasteiger partial charge < -0.3 is 5.32 Å². The number of carbonyl (C=O) groups is 2. The average Bonchev–Trinajstić information content (AvgIpc) is 3.19. The Morgan fingerprint density at radius 3 is 2.65 bits per heavy atom. The van der Waals surface area contributed by atoms with Crippen LogP contribution in [0.25, 0.3) is 0 Å². The molecule has 0 unspecified atom stereocenters. The molecular weight excluding hydrogens is 444 g/mol. The number of rotatable bonds is 6. The monoisotopic (exact) mass is 474 g/mol. The molecule has 2 amide bonds. The lowest BCUT2D eigenvalue weighted by molar-refractivity contribution is -0.125. The molecule has 1 fully saturated rings. The van der Waals surface area contributed by atoms with E-state index < -0.39 is 6.04 Å². The predicted octanol–water partition coefficient (Wildman–Crippen LogP) is 5.12. The SMILES string of the molecule is Cc1ccc(CSC2=Nc3ccccc3C3=N[C@@H](CCC(=O)NC4CCCCC4)C(=O)N23)cc1. The van der Waals surface area contributed by atoms with Gasteiger partial charge in [-0.2, -0.15) is 0 Å². The summed E-state index contributed by atoms with van der Waals surface area (Å²) in [6.07, 6.45) is 6.44. The standard InChI is InChI=1S/C27H30N4O2S/c1-18-11-13-19(14-12-18)17-34-27-30-22-10-6-5-9-21(22)25-29-23(26(33)31(25)27)15-16-24(32)28-20-7-3-2-4-8-20/h5-6,9-14,20,23H,2-4,7-8,15-17H2,1H3,(H,28,32)/t23-/m0/s1. The minimum absolute atomic E-state index is 0.0211. The van der Waals surface area contributed by atoms with Crippen molar-refractivity contribution in [2.24, 2.45) is 9.98 Å². The predicted molar refractivity (Wildman–Crippen MR) is 137 cm³/mol. The van der Waals surface area contributed by atoms with Crippen LogP contribution in [0.15, 0.2) is 58.5 Å². The molecular formula is C27H30N4O2S. The van der Waals surface area contributed by atoms with Crippen molar-refractivity contribution < 1.29 is 9.59 Å². The van der Waals surface area contributed by atoms with E-state index in [4.69, 9.17) is 9.98 Å². The van der Waals surface area contributed by atoms with Crippen molar-refractivity contribution in [1.82, 2.24) is 10.2 Å². The molecule has 2 aromatic rings. The molecule has 34 heavy (non-hydrogen) atoms. The maximum Gasteiger partial charge on any atom is 0.259 e. The maximum atomic E-state index is 13.4.